The highest BCUT2D eigenvalue weighted by Gasteiger charge is 2.27. The number of carbonyl (C=O) groups excluding carboxylic acids is 3. The molecule has 84 valence electrons. The first-order valence-corrected chi connectivity index (χ1v) is 4.82. The van der Waals surface area contributed by atoms with Crippen molar-refractivity contribution in [2.75, 3.05) is 13.1 Å². The Balaban J connectivity index is 1.93. The van der Waals surface area contributed by atoms with Gasteiger partial charge < -0.3 is 5.11 Å². The summed E-state index contributed by atoms with van der Waals surface area (Å²) in [6.45, 7) is 0.217. The third-order valence-corrected chi connectivity index (χ3v) is 2.48. The molecule has 2 heterocycles. The molecule has 0 aromatic rings. The number of rotatable bonds is 3. The molecule has 0 unspecified atom stereocenters. The van der Waals surface area contributed by atoms with Crippen LogP contribution in [0.3, 0.4) is 0 Å². The van der Waals surface area contributed by atoms with Gasteiger partial charge in [0, 0.05) is 25.2 Å². The van der Waals surface area contributed by atoms with Gasteiger partial charge in [-0.2, -0.15) is 0 Å². The molecule has 0 atom stereocenters. The minimum absolute atomic E-state index is 0.0916. The summed E-state index contributed by atoms with van der Waals surface area (Å²) >= 11 is 0. The van der Waals surface area contributed by atoms with Gasteiger partial charge in [0.15, 0.2) is 5.88 Å². The Kier molecular flexibility index (Phi) is 2.47. The highest BCUT2D eigenvalue weighted by molar-refractivity contribution is 6.12. The highest BCUT2D eigenvalue weighted by atomic mass is 16.3. The van der Waals surface area contributed by atoms with Crippen molar-refractivity contribution in [1.82, 2.24) is 9.80 Å². The molecule has 6 nitrogen and oxygen atoms in total. The molecule has 0 fully saturated rings. The maximum Gasteiger partial charge on any atom is 0.253 e. The van der Waals surface area contributed by atoms with E-state index in [1.54, 1.807) is 0 Å². The van der Waals surface area contributed by atoms with Gasteiger partial charge in [-0.3, -0.25) is 24.2 Å². The molecule has 6 heteroatoms. The van der Waals surface area contributed by atoms with E-state index in [9.17, 15) is 19.5 Å². The van der Waals surface area contributed by atoms with Crippen LogP contribution in [0, 0.1) is 0 Å². The van der Waals surface area contributed by atoms with Gasteiger partial charge in [-0.25, -0.2) is 0 Å². The SMILES string of the molecule is O=C1C=CC(=O)N1CCN1C(=O)CC=C1O. The van der Waals surface area contributed by atoms with Gasteiger partial charge in [-0.05, 0) is 6.08 Å². The second kappa shape index (κ2) is 3.80. The van der Waals surface area contributed by atoms with Gasteiger partial charge >= 0.3 is 0 Å². The van der Waals surface area contributed by atoms with Crippen LogP contribution in [-0.2, 0) is 14.4 Å². The van der Waals surface area contributed by atoms with Crippen molar-refractivity contribution in [1.29, 1.82) is 0 Å². The number of hydrogen-bond donors (Lipinski definition) is 1. The third-order valence-electron chi connectivity index (χ3n) is 2.48. The summed E-state index contributed by atoms with van der Waals surface area (Å²) < 4.78 is 0. The molecule has 0 radical (unpaired) electrons. The molecule has 0 aromatic carbocycles. The second-order valence-corrected chi connectivity index (χ2v) is 3.47. The molecule has 2 rings (SSSR count). The Morgan fingerprint density at radius 3 is 2.12 bits per heavy atom. The first-order valence-electron chi connectivity index (χ1n) is 4.82. The van der Waals surface area contributed by atoms with Gasteiger partial charge in [0.25, 0.3) is 11.8 Å². The van der Waals surface area contributed by atoms with Gasteiger partial charge in [0.2, 0.25) is 5.91 Å². The standard InChI is InChI=1S/C10H10N2O4/c13-7-1-2-8(14)11(7)5-6-12-9(15)3-4-10(12)16/h1-3,15H,4-6H2. The van der Waals surface area contributed by atoms with Crippen molar-refractivity contribution in [3.05, 3.63) is 24.1 Å². The molecule has 1 N–H and O–H groups in total. The molecule has 2 aliphatic heterocycles. The van der Waals surface area contributed by atoms with Crippen LogP contribution in [0.4, 0.5) is 0 Å². The van der Waals surface area contributed by atoms with E-state index in [1.807, 2.05) is 0 Å². The maximum atomic E-state index is 11.3. The van der Waals surface area contributed by atoms with E-state index < -0.39 is 0 Å². The molecule has 0 saturated carbocycles. The predicted octanol–water partition coefficient (Wildman–Crippen LogP) is -0.457. The van der Waals surface area contributed by atoms with Crippen LogP contribution in [0.2, 0.25) is 0 Å². The van der Waals surface area contributed by atoms with Crippen LogP contribution in [-0.4, -0.2) is 45.7 Å². The van der Waals surface area contributed by atoms with Crippen LogP contribution < -0.4 is 0 Å². The van der Waals surface area contributed by atoms with Crippen LogP contribution in [0.25, 0.3) is 0 Å². The Morgan fingerprint density at radius 1 is 1.06 bits per heavy atom. The number of hydrogen-bond acceptors (Lipinski definition) is 4. The minimum Gasteiger partial charge on any atom is -0.495 e. The first-order chi connectivity index (χ1) is 7.59. The van der Waals surface area contributed by atoms with E-state index in [-0.39, 0.29) is 43.1 Å². The Hall–Kier alpha value is -2.11. The fourth-order valence-corrected chi connectivity index (χ4v) is 1.62. The summed E-state index contributed by atoms with van der Waals surface area (Å²) in [5.74, 6) is -1.12. The van der Waals surface area contributed by atoms with Gasteiger partial charge in [-0.1, -0.05) is 0 Å². The lowest BCUT2D eigenvalue weighted by atomic mass is 10.4. The van der Waals surface area contributed by atoms with Crippen LogP contribution >= 0.6 is 0 Å². The van der Waals surface area contributed by atoms with E-state index in [4.69, 9.17) is 0 Å². The summed E-state index contributed by atoms with van der Waals surface area (Å²) in [7, 11) is 0. The molecule has 0 spiro atoms. The van der Waals surface area contributed by atoms with Crippen molar-refractivity contribution in [2.45, 2.75) is 6.42 Å². The van der Waals surface area contributed by atoms with Gasteiger partial charge in [0.05, 0.1) is 6.42 Å². The van der Waals surface area contributed by atoms with Crippen LogP contribution in [0.1, 0.15) is 6.42 Å². The predicted molar refractivity (Wildman–Crippen MR) is 52.9 cm³/mol. The monoisotopic (exact) mass is 222 g/mol. The van der Waals surface area contributed by atoms with E-state index in [1.165, 1.54) is 18.2 Å². The zero-order valence-corrected chi connectivity index (χ0v) is 8.42. The van der Waals surface area contributed by atoms with Gasteiger partial charge in [0.1, 0.15) is 0 Å². The van der Waals surface area contributed by atoms with Crippen molar-refractivity contribution < 1.29 is 19.5 Å². The van der Waals surface area contributed by atoms with Crippen molar-refractivity contribution in [3.63, 3.8) is 0 Å². The smallest absolute Gasteiger partial charge is 0.253 e. The quantitative estimate of drug-likeness (QED) is 0.655. The highest BCUT2D eigenvalue weighted by Crippen LogP contribution is 2.13. The Labute approximate surface area is 91.4 Å². The zero-order chi connectivity index (χ0) is 11.7. The lowest BCUT2D eigenvalue weighted by Gasteiger charge is -2.20. The van der Waals surface area contributed by atoms with Crippen LogP contribution in [0.5, 0.6) is 0 Å². The number of aliphatic hydroxyl groups is 1. The lowest BCUT2D eigenvalue weighted by Crippen LogP contribution is -2.38. The lowest BCUT2D eigenvalue weighted by molar-refractivity contribution is -0.138. The molecule has 0 aromatic heterocycles. The number of amides is 3. The van der Waals surface area contributed by atoms with Crippen molar-refractivity contribution in [3.8, 4) is 0 Å². The topological polar surface area (TPSA) is 77.9 Å². The number of imide groups is 1. The van der Waals surface area contributed by atoms with E-state index >= 15 is 0 Å². The second-order valence-electron chi connectivity index (χ2n) is 3.47. The minimum atomic E-state index is -0.389. The number of nitrogens with zero attached hydrogens (tertiary/aromatic N) is 2. The molecule has 0 saturated heterocycles. The summed E-state index contributed by atoms with van der Waals surface area (Å²) in [5, 5.41) is 9.33. The summed E-state index contributed by atoms with van der Waals surface area (Å²) in [5.41, 5.74) is 0. The molecule has 0 bridgehead atoms. The zero-order valence-electron chi connectivity index (χ0n) is 8.42. The molecular weight excluding hydrogens is 212 g/mol. The molecule has 16 heavy (non-hydrogen) atoms. The van der Waals surface area contributed by atoms with Crippen molar-refractivity contribution in [2.24, 2.45) is 0 Å². The number of carbonyl (C=O) groups is 3. The molecular formula is C10H10N2O4. The average molecular weight is 222 g/mol. The van der Waals surface area contributed by atoms with Crippen molar-refractivity contribution >= 4 is 17.7 Å². The first kappa shape index (κ1) is 10.4. The summed E-state index contributed by atoms with van der Waals surface area (Å²) in [6, 6.07) is 0. The molecule has 3 amide bonds. The summed E-state index contributed by atoms with van der Waals surface area (Å²) in [4.78, 5) is 35.8. The Morgan fingerprint density at radius 2 is 1.62 bits per heavy atom. The largest absolute Gasteiger partial charge is 0.495 e. The fourth-order valence-electron chi connectivity index (χ4n) is 1.62. The number of aliphatic hydroxyl groups excluding tert-OH is 1. The fraction of sp³-hybridized carbons (Fsp3) is 0.300. The normalized spacial score (nSPS) is 20.0. The third kappa shape index (κ3) is 1.69. The molecule has 0 aliphatic carbocycles. The molecule has 2 aliphatic rings. The van der Waals surface area contributed by atoms with E-state index in [0.29, 0.717) is 0 Å². The van der Waals surface area contributed by atoms with Gasteiger partial charge in [-0.15, -0.1) is 0 Å². The van der Waals surface area contributed by atoms with E-state index in [2.05, 4.69) is 0 Å². The average Bonchev–Trinajstić information content (AvgIpc) is 2.72. The van der Waals surface area contributed by atoms with E-state index in [0.717, 1.165) is 9.80 Å². The van der Waals surface area contributed by atoms with Crippen LogP contribution in [0.15, 0.2) is 24.1 Å². The maximum absolute atomic E-state index is 11.3. The Bertz CT molecular complexity index is 402. The summed E-state index contributed by atoms with van der Waals surface area (Å²) in [6.07, 6.45) is 3.92.